The summed E-state index contributed by atoms with van der Waals surface area (Å²) >= 11 is 0. The second kappa shape index (κ2) is 14.7. The minimum atomic E-state index is 0.647. The Labute approximate surface area is 356 Å². The van der Waals surface area contributed by atoms with Crippen molar-refractivity contribution in [2.24, 2.45) is 0 Å². The van der Waals surface area contributed by atoms with Crippen LogP contribution in [0.4, 0.5) is 0 Å². The number of benzene rings is 8. The summed E-state index contributed by atoms with van der Waals surface area (Å²) in [5, 5.41) is 1.92. The minimum absolute atomic E-state index is 0.647. The number of para-hydroxylation sites is 2. The number of hydrogen-bond acceptors (Lipinski definition) is 6. The van der Waals surface area contributed by atoms with E-state index in [0.29, 0.717) is 22.8 Å². The molecule has 12 rings (SSSR count). The molecule has 0 radical (unpaired) electrons. The van der Waals surface area contributed by atoms with Gasteiger partial charge in [-0.2, -0.15) is 0 Å². The van der Waals surface area contributed by atoms with Gasteiger partial charge in [-0.15, -0.1) is 0 Å². The first-order valence-corrected chi connectivity index (χ1v) is 20.6. The van der Waals surface area contributed by atoms with Gasteiger partial charge in [-0.05, 0) is 57.6 Å². The monoisotopic (exact) mass is 794 g/mol. The molecule has 0 fully saturated rings. The predicted molar refractivity (Wildman–Crippen MR) is 250 cm³/mol. The lowest BCUT2D eigenvalue weighted by molar-refractivity contribution is 0.667. The standard InChI is InChI=1S/C56H34N4O2/c1-3-11-35(12-4-1)37-23-31-43(32-24-37)55-57-49(53-51(59-55)45-15-7-9-17-47(45)61-53)41-27-19-39(20-28-41)40-21-29-42(30-22-40)50-54-52(46-16-8-10-18-48(46)62-54)60-56(58-50)44-33-25-38(26-34-44)36-13-5-2-6-14-36/h1-34H. The zero-order chi connectivity index (χ0) is 41.0. The highest BCUT2D eigenvalue weighted by Gasteiger charge is 2.20. The van der Waals surface area contributed by atoms with E-state index in [-0.39, 0.29) is 0 Å². The summed E-state index contributed by atoms with van der Waals surface area (Å²) in [5.41, 5.74) is 16.5. The van der Waals surface area contributed by atoms with Gasteiger partial charge in [0.05, 0.1) is 0 Å². The van der Waals surface area contributed by atoms with Crippen molar-refractivity contribution in [3.05, 3.63) is 206 Å². The molecule has 0 aliphatic rings. The smallest absolute Gasteiger partial charge is 0.180 e. The largest absolute Gasteiger partial charge is 0.452 e. The fourth-order valence-corrected chi connectivity index (χ4v) is 8.36. The second-order valence-corrected chi connectivity index (χ2v) is 15.4. The van der Waals surface area contributed by atoms with Crippen LogP contribution in [0, 0.1) is 0 Å². The van der Waals surface area contributed by atoms with Crippen LogP contribution in [0.15, 0.2) is 215 Å². The van der Waals surface area contributed by atoms with Crippen molar-refractivity contribution in [1.82, 2.24) is 19.9 Å². The van der Waals surface area contributed by atoms with Gasteiger partial charge in [0.15, 0.2) is 22.8 Å². The predicted octanol–water partition coefficient (Wildman–Crippen LogP) is 14.7. The van der Waals surface area contributed by atoms with Crippen LogP contribution in [0.25, 0.3) is 123 Å². The molecule has 0 aliphatic carbocycles. The molecular formula is C56H34N4O2. The summed E-state index contributed by atoms with van der Waals surface area (Å²) < 4.78 is 12.9. The van der Waals surface area contributed by atoms with Crippen LogP contribution >= 0.6 is 0 Å². The van der Waals surface area contributed by atoms with E-state index in [4.69, 9.17) is 28.8 Å². The van der Waals surface area contributed by atoms with Gasteiger partial charge >= 0.3 is 0 Å². The maximum atomic E-state index is 6.44. The summed E-state index contributed by atoms with van der Waals surface area (Å²) in [4.78, 5) is 20.4. The molecule has 6 nitrogen and oxygen atoms in total. The van der Waals surface area contributed by atoms with Gasteiger partial charge in [0.25, 0.3) is 0 Å². The van der Waals surface area contributed by atoms with Crippen molar-refractivity contribution in [2.75, 3.05) is 0 Å². The molecule has 0 N–H and O–H groups in total. The third-order valence-electron chi connectivity index (χ3n) is 11.6. The van der Waals surface area contributed by atoms with Crippen LogP contribution in [0.1, 0.15) is 0 Å². The van der Waals surface area contributed by atoms with Crippen LogP contribution in [0.2, 0.25) is 0 Å². The van der Waals surface area contributed by atoms with Crippen LogP contribution in [0.3, 0.4) is 0 Å². The number of nitrogens with zero attached hydrogens (tertiary/aromatic N) is 4. The van der Waals surface area contributed by atoms with Gasteiger partial charge in [-0.25, -0.2) is 19.9 Å². The molecular weight excluding hydrogens is 761 g/mol. The lowest BCUT2D eigenvalue weighted by atomic mass is 10.00. The first kappa shape index (κ1) is 35.5. The summed E-state index contributed by atoms with van der Waals surface area (Å²) in [6, 6.07) is 70.6. The molecule has 0 aliphatic heterocycles. The zero-order valence-corrected chi connectivity index (χ0v) is 33.2. The molecule has 8 aromatic carbocycles. The van der Waals surface area contributed by atoms with Crippen molar-refractivity contribution in [3.8, 4) is 78.7 Å². The van der Waals surface area contributed by atoms with Crippen molar-refractivity contribution in [2.45, 2.75) is 0 Å². The Morgan fingerprint density at radius 3 is 0.903 bits per heavy atom. The highest BCUT2D eigenvalue weighted by molar-refractivity contribution is 6.08. The van der Waals surface area contributed by atoms with E-state index in [1.807, 2.05) is 48.5 Å². The normalized spacial score (nSPS) is 11.5. The average molecular weight is 795 g/mol. The van der Waals surface area contributed by atoms with E-state index in [1.54, 1.807) is 0 Å². The van der Waals surface area contributed by atoms with Crippen LogP contribution in [0.5, 0.6) is 0 Å². The first-order valence-electron chi connectivity index (χ1n) is 20.6. The minimum Gasteiger partial charge on any atom is -0.452 e. The van der Waals surface area contributed by atoms with E-state index < -0.39 is 0 Å². The lowest BCUT2D eigenvalue weighted by Gasteiger charge is -2.10. The second-order valence-electron chi connectivity index (χ2n) is 15.4. The number of fused-ring (bicyclic) bond motifs is 6. The van der Waals surface area contributed by atoms with E-state index in [9.17, 15) is 0 Å². The average Bonchev–Trinajstić information content (AvgIpc) is 3.93. The topological polar surface area (TPSA) is 77.8 Å². The molecule has 0 unspecified atom stereocenters. The molecule has 0 bridgehead atoms. The molecule has 6 heteroatoms. The van der Waals surface area contributed by atoms with Crippen LogP contribution in [-0.2, 0) is 0 Å². The van der Waals surface area contributed by atoms with Crippen molar-refractivity contribution >= 4 is 44.1 Å². The Morgan fingerprint density at radius 2 is 0.532 bits per heavy atom. The Hall–Kier alpha value is -8.48. The molecule has 0 atom stereocenters. The van der Waals surface area contributed by atoms with E-state index in [2.05, 4.69) is 158 Å². The quantitative estimate of drug-likeness (QED) is 0.160. The summed E-state index contributed by atoms with van der Waals surface area (Å²) in [7, 11) is 0. The molecule has 0 saturated carbocycles. The third kappa shape index (κ3) is 6.21. The maximum absolute atomic E-state index is 6.44. The highest BCUT2D eigenvalue weighted by Crippen LogP contribution is 2.39. The van der Waals surface area contributed by atoms with Gasteiger partial charge < -0.3 is 8.83 Å². The van der Waals surface area contributed by atoms with Gasteiger partial charge in [-0.1, -0.05) is 182 Å². The number of furan rings is 2. The number of rotatable bonds is 7. The molecule has 0 amide bonds. The van der Waals surface area contributed by atoms with Gasteiger partial charge in [-0.3, -0.25) is 0 Å². The van der Waals surface area contributed by atoms with Gasteiger partial charge in [0.1, 0.15) is 33.6 Å². The van der Waals surface area contributed by atoms with Crippen molar-refractivity contribution in [3.63, 3.8) is 0 Å². The van der Waals surface area contributed by atoms with Gasteiger partial charge in [0.2, 0.25) is 0 Å². The molecule has 12 aromatic rings. The van der Waals surface area contributed by atoms with Crippen LogP contribution in [-0.4, -0.2) is 19.9 Å². The van der Waals surface area contributed by atoms with Crippen molar-refractivity contribution < 1.29 is 8.83 Å². The Balaban J connectivity index is 0.894. The Kier molecular flexibility index (Phi) is 8.38. The summed E-state index contributed by atoms with van der Waals surface area (Å²) in [6.07, 6.45) is 0. The number of aromatic nitrogens is 4. The van der Waals surface area contributed by atoms with Gasteiger partial charge in [0, 0.05) is 33.0 Å². The fraction of sp³-hybridized carbons (Fsp3) is 0. The Bertz CT molecular complexity index is 3340. The number of hydrogen-bond donors (Lipinski definition) is 0. The molecule has 290 valence electrons. The molecule has 0 spiro atoms. The van der Waals surface area contributed by atoms with Crippen LogP contribution < -0.4 is 0 Å². The molecule has 4 aromatic heterocycles. The lowest BCUT2D eigenvalue weighted by Crippen LogP contribution is -1.94. The maximum Gasteiger partial charge on any atom is 0.180 e. The zero-order valence-electron chi connectivity index (χ0n) is 33.2. The van der Waals surface area contributed by atoms with E-state index in [0.717, 1.165) is 88.9 Å². The summed E-state index contributed by atoms with van der Waals surface area (Å²) in [6.45, 7) is 0. The third-order valence-corrected chi connectivity index (χ3v) is 11.6. The fourth-order valence-electron chi connectivity index (χ4n) is 8.36. The Morgan fingerprint density at radius 1 is 0.242 bits per heavy atom. The van der Waals surface area contributed by atoms with E-state index >= 15 is 0 Å². The summed E-state index contributed by atoms with van der Waals surface area (Å²) in [5.74, 6) is 1.29. The molecule has 0 saturated heterocycles. The van der Waals surface area contributed by atoms with Crippen molar-refractivity contribution in [1.29, 1.82) is 0 Å². The SMILES string of the molecule is c1ccc(-c2ccc(-c3nc(-c4ccc(-c5ccc(-c6nc(-c7ccc(-c8ccccc8)cc7)nc7c6oc6ccccc67)cc5)cc4)c4oc5ccccc5c4n3)cc2)cc1. The highest BCUT2D eigenvalue weighted by atomic mass is 16.3. The van der Waals surface area contributed by atoms with E-state index in [1.165, 1.54) is 11.1 Å². The molecule has 62 heavy (non-hydrogen) atoms. The first-order chi connectivity index (χ1) is 30.7. The molecule has 4 heterocycles.